The molecule has 0 saturated carbocycles. The predicted molar refractivity (Wildman–Crippen MR) is 59.4 cm³/mol. The monoisotopic (exact) mass is 229 g/mol. The van der Waals surface area contributed by atoms with E-state index in [2.05, 4.69) is 4.72 Å². The highest BCUT2D eigenvalue weighted by Crippen LogP contribution is 2.06. The first-order valence-corrected chi connectivity index (χ1v) is 6.06. The third-order valence-corrected chi connectivity index (χ3v) is 3.17. The van der Waals surface area contributed by atoms with Crippen molar-refractivity contribution in [2.24, 2.45) is 0 Å². The molecule has 0 heterocycles. The summed E-state index contributed by atoms with van der Waals surface area (Å²) < 4.78 is 24.7. The number of anilines is 1. The van der Waals surface area contributed by atoms with E-state index in [1.165, 1.54) is 31.2 Å². The zero-order valence-corrected chi connectivity index (χ0v) is 9.03. The van der Waals surface area contributed by atoms with Gasteiger partial charge < -0.3 is 10.0 Å². The molecular weight excluding hydrogens is 217 g/mol. The fourth-order valence-corrected chi connectivity index (χ4v) is 1.61. The first-order valence-electron chi connectivity index (χ1n) is 4.41. The number of nitrogens with one attached hydrogen (secondary N) is 1. The molecular formula is C8H12BNO4S. The van der Waals surface area contributed by atoms with Gasteiger partial charge in [0.1, 0.15) is 0 Å². The molecule has 7 heteroatoms. The molecule has 0 fully saturated rings. The lowest BCUT2D eigenvalue weighted by Gasteiger charge is -2.06. The molecule has 0 atom stereocenters. The van der Waals surface area contributed by atoms with Crippen molar-refractivity contribution in [1.82, 2.24) is 0 Å². The summed E-state index contributed by atoms with van der Waals surface area (Å²) in [6, 6.07) is 5.83. The van der Waals surface area contributed by atoms with E-state index in [4.69, 9.17) is 10.0 Å². The summed E-state index contributed by atoms with van der Waals surface area (Å²) in [7, 11) is -4.82. The minimum absolute atomic E-state index is 0.00260. The van der Waals surface area contributed by atoms with E-state index in [0.29, 0.717) is 11.2 Å². The highest BCUT2D eigenvalue weighted by Gasteiger charge is 2.11. The molecule has 0 aliphatic heterocycles. The van der Waals surface area contributed by atoms with Crippen LogP contribution in [-0.4, -0.2) is 31.3 Å². The van der Waals surface area contributed by atoms with Gasteiger partial charge in [-0.2, -0.15) is 0 Å². The van der Waals surface area contributed by atoms with E-state index in [9.17, 15) is 8.42 Å². The van der Waals surface area contributed by atoms with Gasteiger partial charge in [0, 0.05) is 5.69 Å². The molecule has 1 aromatic carbocycles. The van der Waals surface area contributed by atoms with Crippen LogP contribution in [0.2, 0.25) is 0 Å². The van der Waals surface area contributed by atoms with E-state index in [1.54, 1.807) is 0 Å². The van der Waals surface area contributed by atoms with Crippen LogP contribution < -0.4 is 10.2 Å². The minimum Gasteiger partial charge on any atom is -0.423 e. The summed E-state index contributed by atoms with van der Waals surface area (Å²) in [6.07, 6.45) is 0. The zero-order chi connectivity index (χ0) is 11.5. The van der Waals surface area contributed by atoms with Crippen LogP contribution in [0.25, 0.3) is 0 Å². The lowest BCUT2D eigenvalue weighted by atomic mass is 9.80. The van der Waals surface area contributed by atoms with Crippen molar-refractivity contribution in [3.8, 4) is 0 Å². The van der Waals surface area contributed by atoms with Gasteiger partial charge in [0.25, 0.3) is 0 Å². The Bertz CT molecular complexity index is 415. The van der Waals surface area contributed by atoms with Crippen LogP contribution in [-0.2, 0) is 10.0 Å². The van der Waals surface area contributed by atoms with Crippen LogP contribution in [0.1, 0.15) is 6.92 Å². The average molecular weight is 229 g/mol. The molecule has 1 rings (SSSR count). The Balaban J connectivity index is 2.82. The Morgan fingerprint density at radius 1 is 1.27 bits per heavy atom. The predicted octanol–water partition coefficient (Wildman–Crippen LogP) is -0.872. The van der Waals surface area contributed by atoms with Crippen LogP contribution in [0, 0.1) is 0 Å². The summed E-state index contributed by atoms with van der Waals surface area (Å²) in [5.74, 6) is -0.00260. The van der Waals surface area contributed by atoms with Gasteiger partial charge in [-0.15, -0.1) is 0 Å². The zero-order valence-electron chi connectivity index (χ0n) is 8.21. The molecule has 0 amide bonds. The van der Waals surface area contributed by atoms with Gasteiger partial charge >= 0.3 is 7.12 Å². The SMILES string of the molecule is CCS(=O)(=O)Nc1ccc(B(O)O)cc1. The van der Waals surface area contributed by atoms with Crippen molar-refractivity contribution in [1.29, 1.82) is 0 Å². The van der Waals surface area contributed by atoms with E-state index in [1.807, 2.05) is 0 Å². The second kappa shape index (κ2) is 4.65. The molecule has 0 aliphatic rings. The van der Waals surface area contributed by atoms with Gasteiger partial charge in [-0.1, -0.05) is 12.1 Å². The van der Waals surface area contributed by atoms with E-state index in [-0.39, 0.29) is 5.75 Å². The number of benzene rings is 1. The second-order valence-corrected chi connectivity index (χ2v) is 5.01. The summed E-state index contributed by atoms with van der Waals surface area (Å²) in [4.78, 5) is 0. The minimum atomic E-state index is -3.28. The topological polar surface area (TPSA) is 86.6 Å². The van der Waals surface area contributed by atoms with Crippen molar-refractivity contribution >= 4 is 28.3 Å². The first kappa shape index (κ1) is 12.0. The summed E-state index contributed by atoms with van der Waals surface area (Å²) >= 11 is 0. The van der Waals surface area contributed by atoms with Crippen molar-refractivity contribution in [3.05, 3.63) is 24.3 Å². The van der Waals surface area contributed by atoms with Gasteiger partial charge in [0.2, 0.25) is 10.0 Å². The van der Waals surface area contributed by atoms with E-state index in [0.717, 1.165) is 0 Å². The maximum atomic E-state index is 11.2. The van der Waals surface area contributed by atoms with Crippen molar-refractivity contribution in [2.45, 2.75) is 6.92 Å². The molecule has 0 saturated heterocycles. The lowest BCUT2D eigenvalue weighted by Crippen LogP contribution is -2.29. The maximum absolute atomic E-state index is 11.2. The molecule has 0 aromatic heterocycles. The van der Waals surface area contributed by atoms with E-state index >= 15 is 0 Å². The third-order valence-electron chi connectivity index (χ3n) is 1.86. The Labute approximate surface area is 89.0 Å². The lowest BCUT2D eigenvalue weighted by molar-refractivity contribution is 0.426. The van der Waals surface area contributed by atoms with Crippen molar-refractivity contribution in [2.75, 3.05) is 10.5 Å². The quantitative estimate of drug-likeness (QED) is 0.585. The van der Waals surface area contributed by atoms with Crippen LogP contribution >= 0.6 is 0 Å². The van der Waals surface area contributed by atoms with E-state index < -0.39 is 17.1 Å². The summed E-state index contributed by atoms with van der Waals surface area (Å²) in [5.41, 5.74) is 0.718. The molecule has 5 nitrogen and oxygen atoms in total. The van der Waals surface area contributed by atoms with Crippen LogP contribution in [0.4, 0.5) is 5.69 Å². The summed E-state index contributed by atoms with van der Waals surface area (Å²) in [6.45, 7) is 1.54. The normalized spacial score (nSPS) is 11.1. The Morgan fingerprint density at radius 2 is 1.80 bits per heavy atom. The number of rotatable bonds is 4. The smallest absolute Gasteiger partial charge is 0.423 e. The van der Waals surface area contributed by atoms with Crippen molar-refractivity contribution < 1.29 is 18.5 Å². The number of hydrogen-bond acceptors (Lipinski definition) is 4. The highest BCUT2D eigenvalue weighted by atomic mass is 32.2. The van der Waals surface area contributed by atoms with Crippen molar-refractivity contribution in [3.63, 3.8) is 0 Å². The fraction of sp³-hybridized carbons (Fsp3) is 0.250. The molecule has 0 radical (unpaired) electrons. The van der Waals surface area contributed by atoms with Gasteiger partial charge in [0.05, 0.1) is 5.75 Å². The van der Waals surface area contributed by atoms with Gasteiger partial charge in [-0.05, 0) is 24.5 Å². The van der Waals surface area contributed by atoms with Crippen LogP contribution in [0.5, 0.6) is 0 Å². The summed E-state index contributed by atoms with van der Waals surface area (Å²) in [5, 5.41) is 17.6. The second-order valence-electron chi connectivity index (χ2n) is 3.00. The molecule has 15 heavy (non-hydrogen) atoms. The molecule has 3 N–H and O–H groups in total. The Hall–Kier alpha value is -1.05. The molecule has 82 valence electrons. The Kier molecular flexibility index (Phi) is 3.73. The maximum Gasteiger partial charge on any atom is 0.488 e. The highest BCUT2D eigenvalue weighted by molar-refractivity contribution is 7.92. The van der Waals surface area contributed by atoms with Gasteiger partial charge in [0.15, 0.2) is 0 Å². The van der Waals surface area contributed by atoms with Gasteiger partial charge in [-0.25, -0.2) is 8.42 Å². The van der Waals surface area contributed by atoms with Crippen LogP contribution in [0.3, 0.4) is 0 Å². The molecule has 0 bridgehead atoms. The average Bonchev–Trinajstić information content (AvgIpc) is 2.18. The number of hydrogen-bond donors (Lipinski definition) is 3. The fourth-order valence-electron chi connectivity index (χ4n) is 0.975. The Morgan fingerprint density at radius 3 is 2.20 bits per heavy atom. The molecule has 0 unspecified atom stereocenters. The molecule has 0 aliphatic carbocycles. The number of sulfonamides is 1. The van der Waals surface area contributed by atoms with Gasteiger partial charge in [-0.3, -0.25) is 4.72 Å². The largest absolute Gasteiger partial charge is 0.488 e. The third kappa shape index (κ3) is 3.54. The molecule has 0 spiro atoms. The first-order chi connectivity index (χ1) is 6.94. The molecule has 1 aromatic rings. The standard InChI is InChI=1S/C8H12BNO4S/c1-2-15(13,14)10-8-5-3-7(4-6-8)9(11)12/h3-6,10-12H,2H2,1H3. The van der Waals surface area contributed by atoms with Crippen LogP contribution in [0.15, 0.2) is 24.3 Å².